The van der Waals surface area contributed by atoms with Crippen molar-refractivity contribution in [3.63, 3.8) is 0 Å². The summed E-state index contributed by atoms with van der Waals surface area (Å²) in [4.78, 5) is 0. The summed E-state index contributed by atoms with van der Waals surface area (Å²) in [5.74, 6) is 0.436. The van der Waals surface area contributed by atoms with Crippen LogP contribution < -0.4 is 10.1 Å². The Bertz CT molecular complexity index is 1160. The SMILES string of the molecule is CCNCCc1ccc(Cn2c(-c3ccc(OC)cc3)c(F)c3cc(O)ccc32)cc1. The lowest BCUT2D eigenvalue weighted by Crippen LogP contribution is -2.16. The predicted molar refractivity (Wildman–Crippen MR) is 123 cm³/mol. The van der Waals surface area contributed by atoms with Crippen molar-refractivity contribution in [2.45, 2.75) is 19.9 Å². The molecule has 0 saturated carbocycles. The minimum Gasteiger partial charge on any atom is -0.508 e. The van der Waals surface area contributed by atoms with Crippen LogP contribution >= 0.6 is 0 Å². The van der Waals surface area contributed by atoms with Crippen LogP contribution in [0.3, 0.4) is 0 Å². The summed E-state index contributed by atoms with van der Waals surface area (Å²) < 4.78 is 22.7. The average Bonchev–Trinajstić information content (AvgIpc) is 3.06. The second kappa shape index (κ2) is 9.23. The molecule has 31 heavy (non-hydrogen) atoms. The highest BCUT2D eigenvalue weighted by Gasteiger charge is 2.19. The van der Waals surface area contributed by atoms with Gasteiger partial charge in [0.2, 0.25) is 0 Å². The molecule has 0 amide bonds. The zero-order chi connectivity index (χ0) is 21.8. The zero-order valence-electron chi connectivity index (χ0n) is 17.9. The van der Waals surface area contributed by atoms with Crippen LogP contribution in [0, 0.1) is 5.82 Å². The lowest BCUT2D eigenvalue weighted by Gasteiger charge is -2.12. The number of nitrogens with zero attached hydrogens (tertiary/aromatic N) is 1. The molecule has 0 saturated heterocycles. The van der Waals surface area contributed by atoms with Crippen LogP contribution in [0.5, 0.6) is 11.5 Å². The highest BCUT2D eigenvalue weighted by molar-refractivity contribution is 5.89. The topological polar surface area (TPSA) is 46.4 Å². The number of methoxy groups -OCH3 is 1. The standard InChI is InChI=1S/C26H27FN2O2/c1-3-28-15-14-18-4-6-19(7-5-18)17-29-24-13-10-21(30)16-23(24)25(27)26(29)20-8-11-22(31-2)12-9-20/h4-13,16,28,30H,3,14-15,17H2,1-2H3. The molecule has 5 heteroatoms. The Morgan fingerprint density at radius 2 is 1.68 bits per heavy atom. The van der Waals surface area contributed by atoms with Crippen molar-refractivity contribution >= 4 is 10.9 Å². The Balaban J connectivity index is 1.73. The smallest absolute Gasteiger partial charge is 0.156 e. The van der Waals surface area contributed by atoms with Gasteiger partial charge < -0.3 is 19.7 Å². The Morgan fingerprint density at radius 3 is 2.35 bits per heavy atom. The van der Waals surface area contributed by atoms with Crippen LogP contribution in [-0.4, -0.2) is 29.9 Å². The maximum atomic E-state index is 15.5. The van der Waals surface area contributed by atoms with Gasteiger partial charge in [-0.15, -0.1) is 0 Å². The number of likely N-dealkylation sites (N-methyl/N-ethyl adjacent to an activating group) is 1. The van der Waals surface area contributed by atoms with Gasteiger partial charge in [0.1, 0.15) is 11.5 Å². The fourth-order valence-electron chi connectivity index (χ4n) is 3.90. The summed E-state index contributed by atoms with van der Waals surface area (Å²) in [6, 6.07) is 20.7. The molecule has 4 aromatic rings. The van der Waals surface area contributed by atoms with Gasteiger partial charge in [0.15, 0.2) is 5.82 Å². The van der Waals surface area contributed by atoms with Crippen LogP contribution in [0.4, 0.5) is 4.39 Å². The van der Waals surface area contributed by atoms with Gasteiger partial charge in [-0.3, -0.25) is 0 Å². The third-order valence-corrected chi connectivity index (χ3v) is 5.55. The van der Waals surface area contributed by atoms with Crippen LogP contribution in [0.2, 0.25) is 0 Å². The number of benzene rings is 3. The molecule has 0 aliphatic rings. The molecule has 0 radical (unpaired) electrons. The van der Waals surface area contributed by atoms with E-state index < -0.39 is 0 Å². The Hall–Kier alpha value is -3.31. The van der Waals surface area contributed by atoms with Gasteiger partial charge in [-0.05, 0) is 73.1 Å². The Labute approximate surface area is 181 Å². The van der Waals surface area contributed by atoms with E-state index in [0.717, 1.165) is 41.9 Å². The quantitative estimate of drug-likeness (QED) is 0.379. The number of halogens is 1. The number of hydrogen-bond donors (Lipinski definition) is 2. The minimum atomic E-state index is -0.335. The van der Waals surface area contributed by atoms with E-state index in [2.05, 4.69) is 36.5 Å². The molecule has 4 nitrogen and oxygen atoms in total. The molecule has 0 aliphatic heterocycles. The molecule has 2 N–H and O–H groups in total. The molecule has 0 atom stereocenters. The number of phenolic OH excluding ortho intramolecular Hbond substituents is 1. The van der Waals surface area contributed by atoms with E-state index in [-0.39, 0.29) is 11.6 Å². The maximum absolute atomic E-state index is 15.5. The van der Waals surface area contributed by atoms with Crippen LogP contribution in [0.1, 0.15) is 18.1 Å². The summed E-state index contributed by atoms with van der Waals surface area (Å²) in [6.07, 6.45) is 0.978. The lowest BCUT2D eigenvalue weighted by atomic mass is 10.1. The van der Waals surface area contributed by atoms with E-state index >= 15 is 4.39 Å². The first-order valence-electron chi connectivity index (χ1n) is 10.5. The van der Waals surface area contributed by atoms with Crippen molar-refractivity contribution in [2.24, 2.45) is 0 Å². The minimum absolute atomic E-state index is 0.0508. The molecular weight excluding hydrogens is 391 g/mol. The van der Waals surface area contributed by atoms with Crippen LogP contribution in [0.15, 0.2) is 66.7 Å². The third kappa shape index (κ3) is 4.42. The molecular formula is C26H27FN2O2. The molecule has 0 bridgehead atoms. The van der Waals surface area contributed by atoms with E-state index in [4.69, 9.17) is 4.74 Å². The first-order chi connectivity index (χ1) is 15.1. The van der Waals surface area contributed by atoms with E-state index in [1.807, 2.05) is 28.8 Å². The number of hydrogen-bond acceptors (Lipinski definition) is 3. The predicted octanol–water partition coefficient (Wildman–Crippen LogP) is 5.36. The first-order valence-corrected chi connectivity index (χ1v) is 10.5. The van der Waals surface area contributed by atoms with E-state index in [1.54, 1.807) is 19.2 Å². The number of ether oxygens (including phenoxy) is 1. The summed E-state index contributed by atoms with van der Waals surface area (Å²) >= 11 is 0. The highest BCUT2D eigenvalue weighted by Crippen LogP contribution is 2.35. The lowest BCUT2D eigenvalue weighted by molar-refractivity contribution is 0.415. The second-order valence-corrected chi connectivity index (χ2v) is 7.60. The van der Waals surface area contributed by atoms with Crippen molar-refractivity contribution in [3.8, 4) is 22.8 Å². The van der Waals surface area contributed by atoms with Crippen molar-refractivity contribution in [2.75, 3.05) is 20.2 Å². The second-order valence-electron chi connectivity index (χ2n) is 7.60. The molecule has 0 aliphatic carbocycles. The molecule has 0 spiro atoms. The molecule has 1 heterocycles. The van der Waals surface area contributed by atoms with Crippen molar-refractivity contribution in [3.05, 3.63) is 83.7 Å². The van der Waals surface area contributed by atoms with Gasteiger partial charge in [-0.2, -0.15) is 0 Å². The van der Waals surface area contributed by atoms with Crippen molar-refractivity contribution in [1.82, 2.24) is 9.88 Å². The van der Waals surface area contributed by atoms with Crippen LogP contribution in [-0.2, 0) is 13.0 Å². The summed E-state index contributed by atoms with van der Waals surface area (Å²) in [7, 11) is 1.61. The highest BCUT2D eigenvalue weighted by atomic mass is 19.1. The Morgan fingerprint density at radius 1 is 0.968 bits per heavy atom. The van der Waals surface area contributed by atoms with Gasteiger partial charge in [0.25, 0.3) is 0 Å². The van der Waals surface area contributed by atoms with Gasteiger partial charge in [0, 0.05) is 17.5 Å². The molecule has 0 unspecified atom stereocenters. The summed E-state index contributed by atoms with van der Waals surface area (Å²) in [5, 5.41) is 13.7. The fourth-order valence-corrected chi connectivity index (χ4v) is 3.90. The Kier molecular flexibility index (Phi) is 6.23. The first kappa shape index (κ1) is 20.9. The number of fused-ring (bicyclic) bond motifs is 1. The monoisotopic (exact) mass is 418 g/mol. The number of aromatic hydroxyl groups is 1. The maximum Gasteiger partial charge on any atom is 0.156 e. The molecule has 0 fully saturated rings. The largest absolute Gasteiger partial charge is 0.508 e. The summed E-state index contributed by atoms with van der Waals surface area (Å²) in [6.45, 7) is 4.55. The van der Waals surface area contributed by atoms with E-state index in [9.17, 15) is 5.11 Å². The number of rotatable bonds is 8. The average molecular weight is 419 g/mol. The van der Waals surface area contributed by atoms with Gasteiger partial charge in [-0.25, -0.2) is 4.39 Å². The third-order valence-electron chi connectivity index (χ3n) is 5.55. The molecule has 4 rings (SSSR count). The normalized spacial score (nSPS) is 11.2. The van der Waals surface area contributed by atoms with Gasteiger partial charge >= 0.3 is 0 Å². The number of phenols is 1. The molecule has 3 aromatic carbocycles. The number of nitrogens with one attached hydrogen (secondary N) is 1. The van der Waals surface area contributed by atoms with E-state index in [0.29, 0.717) is 17.6 Å². The summed E-state index contributed by atoms with van der Waals surface area (Å²) in [5.41, 5.74) is 4.37. The number of aromatic nitrogens is 1. The zero-order valence-corrected chi connectivity index (χ0v) is 17.9. The molecule has 1 aromatic heterocycles. The molecule has 160 valence electrons. The van der Waals surface area contributed by atoms with Gasteiger partial charge in [0.05, 0.1) is 18.3 Å². The van der Waals surface area contributed by atoms with Crippen molar-refractivity contribution < 1.29 is 14.2 Å². The van der Waals surface area contributed by atoms with Crippen LogP contribution in [0.25, 0.3) is 22.2 Å². The van der Waals surface area contributed by atoms with Gasteiger partial charge in [-0.1, -0.05) is 31.2 Å². The van der Waals surface area contributed by atoms with Crippen molar-refractivity contribution in [1.29, 1.82) is 0 Å². The van der Waals surface area contributed by atoms with E-state index in [1.165, 1.54) is 11.6 Å². The fraction of sp³-hybridized carbons (Fsp3) is 0.231.